The van der Waals surface area contributed by atoms with Gasteiger partial charge in [-0.15, -0.1) is 0 Å². The van der Waals surface area contributed by atoms with Crippen LogP contribution < -0.4 is 10.3 Å². The molecule has 0 bridgehead atoms. The van der Waals surface area contributed by atoms with E-state index in [0.717, 1.165) is 5.72 Å². The van der Waals surface area contributed by atoms with E-state index in [1.807, 2.05) is 42.9 Å². The molecule has 19 heavy (non-hydrogen) atoms. The minimum Gasteiger partial charge on any atom is -0.298 e. The molecule has 0 amide bonds. The first kappa shape index (κ1) is 14.2. The van der Waals surface area contributed by atoms with Crippen LogP contribution in [0.25, 0.3) is 0 Å². The van der Waals surface area contributed by atoms with Gasteiger partial charge in [0, 0.05) is 21.3 Å². The molecule has 2 aromatic rings. The van der Waals surface area contributed by atoms with Crippen molar-refractivity contribution < 1.29 is 9.36 Å². The molecule has 1 heterocycles. The molecule has 2 rings (SSSR count). The lowest BCUT2D eigenvalue weighted by molar-refractivity contribution is -0.653. The van der Waals surface area contributed by atoms with Gasteiger partial charge in [-0.1, -0.05) is 23.2 Å². The molecular weight excluding hydrogens is 282 g/mol. The monoisotopic (exact) mass is 294 g/mol. The van der Waals surface area contributed by atoms with Gasteiger partial charge in [0.25, 0.3) is 0 Å². The minimum atomic E-state index is -0.00870. The number of carbonyl (C=O) groups excluding carboxylic acids is 1. The van der Waals surface area contributed by atoms with Crippen molar-refractivity contribution in [3.63, 3.8) is 0 Å². The molecule has 0 atom stereocenters. The average molecular weight is 295 g/mol. The van der Waals surface area contributed by atoms with Gasteiger partial charge in [-0.3, -0.25) is 13.9 Å². The number of benzene rings is 1. The Kier molecular flexibility index (Phi) is 4.33. The van der Waals surface area contributed by atoms with E-state index in [1.54, 1.807) is 18.2 Å². The largest absolute Gasteiger partial charge is 0.298 e. The Morgan fingerprint density at radius 3 is 2.47 bits per heavy atom. The molecule has 0 N–H and O–H groups in total. The van der Waals surface area contributed by atoms with Gasteiger partial charge in [0.15, 0.2) is 0 Å². The highest BCUT2D eigenvalue weighted by Gasteiger charge is 2.06. The zero-order chi connectivity index (χ0) is 14.0. The number of aromatic nitrogens is 2. The maximum atomic E-state index is 12.1. The summed E-state index contributed by atoms with van der Waals surface area (Å²) < 4.78 is 3.91. The minimum absolute atomic E-state index is 0.00870. The summed E-state index contributed by atoms with van der Waals surface area (Å²) in [5.74, 6) is -0.00870. The summed E-state index contributed by atoms with van der Waals surface area (Å²) in [4.78, 5) is 12.1. The van der Waals surface area contributed by atoms with Crippen LogP contribution in [0.1, 0.15) is 10.4 Å². The van der Waals surface area contributed by atoms with Crippen LogP contribution >= 0.6 is 23.2 Å². The quantitative estimate of drug-likeness (QED) is 0.480. The van der Waals surface area contributed by atoms with Gasteiger partial charge in [0.1, 0.15) is 18.2 Å². The molecule has 0 aliphatic carbocycles. The van der Waals surface area contributed by atoms with Gasteiger partial charge in [0.2, 0.25) is 0 Å². The summed E-state index contributed by atoms with van der Waals surface area (Å²) in [6.07, 6.45) is 4.18. The van der Waals surface area contributed by atoms with Gasteiger partial charge in [-0.2, -0.15) is 13.6 Å². The standard InChI is InChI=1S/C13H13BCl2N2O/c1-17-3-4-18(2)13(17)14-8-12(19)9-5-10(15)7-11(16)6-9/h3-7H,8H2,1-2H3. The Morgan fingerprint density at radius 2 is 1.95 bits per heavy atom. The topological polar surface area (TPSA) is 25.9 Å². The molecule has 0 spiro atoms. The first-order valence-electron chi connectivity index (χ1n) is 5.81. The Hall–Kier alpha value is -1.26. The second-order valence-corrected chi connectivity index (χ2v) is 5.24. The number of imidazole rings is 1. The van der Waals surface area contributed by atoms with Crippen LogP contribution in [0.3, 0.4) is 0 Å². The van der Waals surface area contributed by atoms with Crippen molar-refractivity contribution in [2.75, 3.05) is 0 Å². The average Bonchev–Trinajstić information content (AvgIpc) is 2.65. The van der Waals surface area contributed by atoms with Crippen LogP contribution in [0.5, 0.6) is 0 Å². The molecular formula is C13H13BCl2N2O. The predicted octanol–water partition coefficient (Wildman–Crippen LogP) is 1.79. The van der Waals surface area contributed by atoms with Gasteiger partial charge in [0.05, 0.1) is 14.1 Å². The molecule has 0 fully saturated rings. The molecule has 1 aromatic carbocycles. The van der Waals surface area contributed by atoms with Crippen molar-refractivity contribution in [3.05, 3.63) is 46.2 Å². The van der Waals surface area contributed by atoms with E-state index in [4.69, 9.17) is 23.2 Å². The van der Waals surface area contributed by atoms with Gasteiger partial charge < -0.3 is 0 Å². The molecule has 1 aromatic heterocycles. The van der Waals surface area contributed by atoms with E-state index in [9.17, 15) is 4.79 Å². The van der Waals surface area contributed by atoms with Gasteiger partial charge in [-0.05, 0) is 18.2 Å². The van der Waals surface area contributed by atoms with Crippen LogP contribution in [-0.4, -0.2) is 17.6 Å². The lowest BCUT2D eigenvalue weighted by Crippen LogP contribution is -2.49. The molecule has 2 radical (unpaired) electrons. The number of ketones is 1. The van der Waals surface area contributed by atoms with E-state index in [-0.39, 0.29) is 5.78 Å². The molecule has 98 valence electrons. The molecule has 0 saturated carbocycles. The number of nitrogens with zero attached hydrogens (tertiary/aromatic N) is 2. The number of rotatable bonds is 4. The SMILES string of the molecule is Cn1cc[n+](C)c1[B-]CC(=O)c1cc(Cl)cc(Cl)c1. The first-order chi connectivity index (χ1) is 8.97. The van der Waals surface area contributed by atoms with Crippen LogP contribution in [-0.2, 0) is 14.1 Å². The van der Waals surface area contributed by atoms with E-state index < -0.39 is 0 Å². The summed E-state index contributed by atoms with van der Waals surface area (Å²) >= 11 is 11.8. The van der Waals surface area contributed by atoms with Crippen molar-refractivity contribution in [3.8, 4) is 0 Å². The third kappa shape index (κ3) is 3.40. The first-order valence-corrected chi connectivity index (χ1v) is 6.56. The number of aryl methyl sites for hydroxylation is 2. The third-order valence-electron chi connectivity index (χ3n) is 2.89. The summed E-state index contributed by atoms with van der Waals surface area (Å²) in [5.41, 5.74) is 1.51. The Balaban J connectivity index is 2.09. The highest BCUT2D eigenvalue weighted by molar-refractivity contribution is 6.55. The fourth-order valence-corrected chi connectivity index (χ4v) is 2.43. The zero-order valence-corrected chi connectivity index (χ0v) is 12.2. The summed E-state index contributed by atoms with van der Waals surface area (Å²) in [7, 11) is 5.76. The van der Waals surface area contributed by atoms with Crippen LogP contribution in [0.2, 0.25) is 16.4 Å². The van der Waals surface area contributed by atoms with Gasteiger partial charge >= 0.3 is 0 Å². The van der Waals surface area contributed by atoms with Crippen molar-refractivity contribution in [1.82, 2.24) is 4.57 Å². The lowest BCUT2D eigenvalue weighted by Gasteiger charge is -2.12. The van der Waals surface area contributed by atoms with Crippen LogP contribution in [0.15, 0.2) is 30.6 Å². The van der Waals surface area contributed by atoms with E-state index in [2.05, 4.69) is 0 Å². The number of hydrogen-bond donors (Lipinski definition) is 0. The number of carbonyl (C=O) groups is 1. The van der Waals surface area contributed by atoms with E-state index in [0.29, 0.717) is 21.9 Å². The summed E-state index contributed by atoms with van der Waals surface area (Å²) in [5, 5.41) is 0.945. The third-order valence-corrected chi connectivity index (χ3v) is 3.33. The fourth-order valence-electron chi connectivity index (χ4n) is 1.91. The summed E-state index contributed by atoms with van der Waals surface area (Å²) in [6.45, 7) is 0. The highest BCUT2D eigenvalue weighted by atomic mass is 35.5. The fraction of sp³-hybridized carbons (Fsp3) is 0.231. The van der Waals surface area contributed by atoms with Crippen molar-refractivity contribution in [2.45, 2.75) is 6.32 Å². The highest BCUT2D eigenvalue weighted by Crippen LogP contribution is 2.19. The van der Waals surface area contributed by atoms with E-state index >= 15 is 0 Å². The maximum absolute atomic E-state index is 12.1. The molecule has 0 saturated heterocycles. The van der Waals surface area contributed by atoms with E-state index in [1.165, 1.54) is 0 Å². The smallest absolute Gasteiger partial charge is 0.125 e. The Bertz CT molecular complexity index is 585. The number of hydrogen-bond acceptors (Lipinski definition) is 1. The van der Waals surface area contributed by atoms with Crippen LogP contribution in [0.4, 0.5) is 0 Å². The normalized spacial score (nSPS) is 10.7. The van der Waals surface area contributed by atoms with Crippen molar-refractivity contribution in [1.29, 1.82) is 0 Å². The predicted molar refractivity (Wildman–Crippen MR) is 77.6 cm³/mol. The molecule has 0 aliphatic heterocycles. The maximum Gasteiger partial charge on any atom is 0.125 e. The number of Topliss-reactive ketones (excluding diaryl/α,β-unsaturated/α-hetero) is 1. The Morgan fingerprint density at radius 1 is 1.32 bits per heavy atom. The van der Waals surface area contributed by atoms with Crippen molar-refractivity contribution >= 4 is 42.0 Å². The lowest BCUT2D eigenvalue weighted by atomic mass is 9.70. The zero-order valence-electron chi connectivity index (χ0n) is 10.7. The van der Waals surface area contributed by atoms with Gasteiger partial charge in [-0.25, -0.2) is 0 Å². The van der Waals surface area contributed by atoms with Crippen LogP contribution in [0, 0.1) is 0 Å². The molecule has 0 unspecified atom stereocenters. The Labute approximate surface area is 123 Å². The summed E-state index contributed by atoms with van der Waals surface area (Å²) in [6, 6.07) is 4.88. The molecule has 0 aliphatic rings. The second-order valence-electron chi connectivity index (χ2n) is 4.37. The molecule has 6 heteroatoms. The number of halogens is 2. The second kappa shape index (κ2) is 5.80. The van der Waals surface area contributed by atoms with Crippen molar-refractivity contribution in [2.24, 2.45) is 14.1 Å². The molecule has 3 nitrogen and oxygen atoms in total.